The molecule has 2 aliphatic heterocycles. The summed E-state index contributed by atoms with van der Waals surface area (Å²) in [4.78, 5) is 5.41. The van der Waals surface area contributed by atoms with Crippen LogP contribution in [-0.2, 0) is 0 Å². The highest BCUT2D eigenvalue weighted by atomic mass is 15.3. The van der Waals surface area contributed by atoms with Gasteiger partial charge in [-0.05, 0) is 53.0 Å². The number of fused-ring (bicyclic) bond motifs is 2. The van der Waals surface area contributed by atoms with Crippen molar-refractivity contribution in [3.8, 4) is 0 Å². The zero-order valence-corrected chi connectivity index (χ0v) is 14.4. The predicted molar refractivity (Wildman–Crippen MR) is 87.1 cm³/mol. The molecule has 2 saturated heterocycles. The van der Waals surface area contributed by atoms with Crippen molar-refractivity contribution < 1.29 is 0 Å². The molecular weight excluding hydrogens is 246 g/mol. The van der Waals surface area contributed by atoms with Gasteiger partial charge in [-0.25, -0.2) is 0 Å². The van der Waals surface area contributed by atoms with Crippen LogP contribution in [0.2, 0.25) is 0 Å². The molecule has 20 heavy (non-hydrogen) atoms. The third kappa shape index (κ3) is 3.96. The second-order valence-electron chi connectivity index (χ2n) is 8.28. The molecular formula is C17H35N3. The molecule has 0 spiro atoms. The largest absolute Gasteiger partial charge is 0.311 e. The lowest BCUT2D eigenvalue weighted by Crippen LogP contribution is -2.52. The Morgan fingerprint density at radius 3 is 2.35 bits per heavy atom. The van der Waals surface area contributed by atoms with E-state index in [1.54, 1.807) is 0 Å². The summed E-state index contributed by atoms with van der Waals surface area (Å²) in [6, 6.07) is 2.30. The van der Waals surface area contributed by atoms with Crippen LogP contribution in [0.15, 0.2) is 0 Å². The smallest absolute Gasteiger partial charge is 0.0244 e. The van der Waals surface area contributed by atoms with Crippen LogP contribution in [0.1, 0.15) is 53.9 Å². The molecule has 0 radical (unpaired) electrons. The summed E-state index contributed by atoms with van der Waals surface area (Å²) in [6.07, 6.45) is 4.17. The molecule has 2 bridgehead atoms. The molecule has 0 amide bonds. The summed E-state index contributed by atoms with van der Waals surface area (Å²) < 4.78 is 0. The Morgan fingerprint density at radius 1 is 1.10 bits per heavy atom. The van der Waals surface area contributed by atoms with E-state index in [0.717, 1.165) is 18.6 Å². The highest BCUT2D eigenvalue weighted by Crippen LogP contribution is 2.30. The first-order valence-electron chi connectivity index (χ1n) is 8.49. The summed E-state index contributed by atoms with van der Waals surface area (Å²) in [5.74, 6) is 0.715. The molecule has 3 atom stereocenters. The lowest BCUT2D eigenvalue weighted by molar-refractivity contribution is 0.129. The maximum atomic E-state index is 3.72. The van der Waals surface area contributed by atoms with Crippen molar-refractivity contribution in [2.45, 2.75) is 77.5 Å². The fourth-order valence-electron chi connectivity index (χ4n) is 3.83. The third-order valence-electron chi connectivity index (χ3n) is 5.26. The maximum absolute atomic E-state index is 3.72. The van der Waals surface area contributed by atoms with Gasteiger partial charge in [-0.3, -0.25) is 9.80 Å². The normalized spacial score (nSPS) is 30.8. The minimum atomic E-state index is 0.217. The zero-order valence-electron chi connectivity index (χ0n) is 14.4. The molecule has 0 aromatic carbocycles. The molecule has 1 N–H and O–H groups in total. The van der Waals surface area contributed by atoms with Gasteiger partial charge < -0.3 is 5.32 Å². The van der Waals surface area contributed by atoms with Crippen molar-refractivity contribution in [3.63, 3.8) is 0 Å². The summed E-state index contributed by atoms with van der Waals surface area (Å²) in [5, 5.41) is 3.72. The quantitative estimate of drug-likeness (QED) is 0.854. The zero-order chi connectivity index (χ0) is 14.9. The van der Waals surface area contributed by atoms with E-state index in [9.17, 15) is 0 Å². The van der Waals surface area contributed by atoms with Gasteiger partial charge in [-0.1, -0.05) is 13.8 Å². The van der Waals surface area contributed by atoms with E-state index in [4.69, 9.17) is 0 Å². The van der Waals surface area contributed by atoms with Crippen LogP contribution in [0.25, 0.3) is 0 Å². The Morgan fingerprint density at radius 2 is 1.75 bits per heavy atom. The molecule has 3 nitrogen and oxygen atoms in total. The summed E-state index contributed by atoms with van der Waals surface area (Å²) in [7, 11) is 2.34. The summed E-state index contributed by atoms with van der Waals surface area (Å²) in [5.41, 5.74) is 0.217. The highest BCUT2D eigenvalue weighted by molar-refractivity contribution is 4.94. The van der Waals surface area contributed by atoms with E-state index >= 15 is 0 Å². The molecule has 2 rings (SSSR count). The Hall–Kier alpha value is -0.120. The van der Waals surface area contributed by atoms with Gasteiger partial charge in [0.1, 0.15) is 0 Å². The maximum Gasteiger partial charge on any atom is 0.0244 e. The topological polar surface area (TPSA) is 18.5 Å². The number of hydrogen-bond acceptors (Lipinski definition) is 3. The fraction of sp³-hybridized carbons (Fsp3) is 1.00. The Labute approximate surface area is 126 Å². The summed E-state index contributed by atoms with van der Waals surface area (Å²) >= 11 is 0. The van der Waals surface area contributed by atoms with Crippen LogP contribution in [-0.4, -0.2) is 60.1 Å². The van der Waals surface area contributed by atoms with Crippen LogP contribution in [0.3, 0.4) is 0 Å². The second kappa shape index (κ2) is 6.33. The van der Waals surface area contributed by atoms with E-state index in [-0.39, 0.29) is 5.54 Å². The van der Waals surface area contributed by atoms with Gasteiger partial charge in [0.15, 0.2) is 0 Å². The van der Waals surface area contributed by atoms with Crippen molar-refractivity contribution in [3.05, 3.63) is 0 Å². The van der Waals surface area contributed by atoms with Crippen LogP contribution >= 0.6 is 0 Å². The van der Waals surface area contributed by atoms with Crippen LogP contribution in [0.4, 0.5) is 0 Å². The third-order valence-corrected chi connectivity index (χ3v) is 5.26. The monoisotopic (exact) mass is 281 g/mol. The number of likely N-dealkylation sites (N-methyl/N-ethyl adjacent to an activating group) is 1. The number of nitrogens with zero attached hydrogens (tertiary/aromatic N) is 2. The van der Waals surface area contributed by atoms with Gasteiger partial charge in [0, 0.05) is 43.3 Å². The molecule has 2 aliphatic rings. The molecule has 0 aromatic rings. The van der Waals surface area contributed by atoms with E-state index < -0.39 is 0 Å². The van der Waals surface area contributed by atoms with Crippen molar-refractivity contribution in [2.24, 2.45) is 5.92 Å². The van der Waals surface area contributed by atoms with Crippen molar-refractivity contribution in [1.29, 1.82) is 0 Å². The standard InChI is InChI=1S/C17H35N3/c1-13(2)16(11-18-17(3,4)5)20-10-9-14-7-8-15(12-20)19(14)6/h13-16,18H,7-12H2,1-6H3. The first-order valence-corrected chi connectivity index (χ1v) is 8.49. The van der Waals surface area contributed by atoms with Crippen LogP contribution in [0, 0.1) is 5.92 Å². The Kier molecular flexibility index (Phi) is 5.14. The molecule has 3 heteroatoms. The number of nitrogens with one attached hydrogen (secondary N) is 1. The van der Waals surface area contributed by atoms with E-state index in [1.807, 2.05) is 0 Å². The van der Waals surface area contributed by atoms with Gasteiger partial charge >= 0.3 is 0 Å². The molecule has 2 fully saturated rings. The van der Waals surface area contributed by atoms with Gasteiger partial charge in [-0.15, -0.1) is 0 Å². The van der Waals surface area contributed by atoms with Crippen molar-refractivity contribution in [1.82, 2.24) is 15.1 Å². The minimum absolute atomic E-state index is 0.217. The average molecular weight is 281 g/mol. The van der Waals surface area contributed by atoms with Gasteiger partial charge in [0.05, 0.1) is 0 Å². The fourth-order valence-corrected chi connectivity index (χ4v) is 3.83. The Bertz CT molecular complexity index is 308. The molecule has 0 aromatic heterocycles. The molecule has 3 unspecified atom stereocenters. The summed E-state index contributed by atoms with van der Waals surface area (Å²) in [6.45, 7) is 15.2. The van der Waals surface area contributed by atoms with Crippen molar-refractivity contribution in [2.75, 3.05) is 26.7 Å². The lowest BCUT2D eigenvalue weighted by atomic mass is 9.98. The van der Waals surface area contributed by atoms with Gasteiger partial charge in [0.25, 0.3) is 0 Å². The first-order chi connectivity index (χ1) is 9.28. The van der Waals surface area contributed by atoms with E-state index in [0.29, 0.717) is 12.0 Å². The van der Waals surface area contributed by atoms with Gasteiger partial charge in [0.2, 0.25) is 0 Å². The molecule has 0 aliphatic carbocycles. The SMILES string of the molecule is CC(C)C(CNC(C)(C)C)N1CCC2CCC(C1)N2C. The average Bonchev–Trinajstić information content (AvgIpc) is 2.54. The molecule has 0 saturated carbocycles. The van der Waals surface area contributed by atoms with E-state index in [1.165, 1.54) is 32.4 Å². The minimum Gasteiger partial charge on any atom is -0.311 e. The highest BCUT2D eigenvalue weighted by Gasteiger charge is 2.37. The molecule has 2 heterocycles. The van der Waals surface area contributed by atoms with Crippen LogP contribution in [0.5, 0.6) is 0 Å². The second-order valence-corrected chi connectivity index (χ2v) is 8.28. The lowest BCUT2D eigenvalue weighted by Gasteiger charge is -2.37. The predicted octanol–water partition coefficient (Wildman–Crippen LogP) is 2.57. The first kappa shape index (κ1) is 16.3. The molecule has 118 valence electrons. The number of hydrogen-bond donors (Lipinski definition) is 1. The number of likely N-dealkylation sites (tertiary alicyclic amines) is 1. The van der Waals surface area contributed by atoms with E-state index in [2.05, 4.69) is 56.8 Å². The van der Waals surface area contributed by atoms with Crippen molar-refractivity contribution >= 4 is 0 Å². The van der Waals surface area contributed by atoms with Gasteiger partial charge in [-0.2, -0.15) is 0 Å². The Balaban J connectivity index is 1.99. The number of rotatable bonds is 4. The van der Waals surface area contributed by atoms with Crippen LogP contribution < -0.4 is 5.32 Å².